The molecular weight excluding hydrogens is 152 g/mol. The van der Waals surface area contributed by atoms with E-state index in [0.717, 1.165) is 0 Å². The van der Waals surface area contributed by atoms with Crippen molar-refractivity contribution in [2.45, 2.75) is 33.7 Å². The smallest absolute Gasteiger partial charge is 0.203 e. The van der Waals surface area contributed by atoms with Crippen LogP contribution in [0.15, 0.2) is 4.99 Å². The van der Waals surface area contributed by atoms with Crippen LogP contribution >= 0.6 is 0 Å². The standard InChI is InChI=1S/C8H18N4/c1-7(2)5(8(7,3)4)11-6(9)12-10/h5H,10H2,1-4H3,(H3,9,11,12). The molecule has 1 rings (SSSR count). The minimum atomic E-state index is 0.231. The number of guanidine groups is 1. The highest BCUT2D eigenvalue weighted by atomic mass is 15.3. The zero-order valence-electron chi connectivity index (χ0n) is 8.18. The van der Waals surface area contributed by atoms with Gasteiger partial charge in [-0.05, 0) is 10.8 Å². The van der Waals surface area contributed by atoms with E-state index in [2.05, 4.69) is 38.1 Å². The fourth-order valence-corrected chi connectivity index (χ4v) is 1.66. The lowest BCUT2D eigenvalue weighted by atomic mass is 10.0. The Labute approximate surface area is 73.4 Å². The molecule has 1 fully saturated rings. The summed E-state index contributed by atoms with van der Waals surface area (Å²) < 4.78 is 0. The van der Waals surface area contributed by atoms with Gasteiger partial charge in [0.15, 0.2) is 0 Å². The Morgan fingerprint density at radius 1 is 1.25 bits per heavy atom. The van der Waals surface area contributed by atoms with Gasteiger partial charge in [-0.1, -0.05) is 27.7 Å². The molecule has 0 aliphatic heterocycles. The SMILES string of the molecule is CC1(C)C(N=C(N)NN)C1(C)C. The summed E-state index contributed by atoms with van der Waals surface area (Å²) in [6, 6.07) is 0.279. The molecule has 5 N–H and O–H groups in total. The maximum absolute atomic E-state index is 5.47. The van der Waals surface area contributed by atoms with Crippen molar-refractivity contribution in [1.82, 2.24) is 5.43 Å². The van der Waals surface area contributed by atoms with Gasteiger partial charge < -0.3 is 5.73 Å². The van der Waals surface area contributed by atoms with Crippen LogP contribution in [0.3, 0.4) is 0 Å². The molecule has 12 heavy (non-hydrogen) atoms. The molecule has 0 saturated heterocycles. The van der Waals surface area contributed by atoms with E-state index < -0.39 is 0 Å². The third kappa shape index (κ3) is 1.06. The molecule has 1 aliphatic rings. The predicted octanol–water partition coefficient (Wildman–Crippen LogP) is 0.199. The molecular formula is C8H18N4. The number of nitrogens with zero attached hydrogens (tertiary/aromatic N) is 1. The lowest BCUT2D eigenvalue weighted by Crippen LogP contribution is -2.37. The molecule has 0 heterocycles. The molecule has 4 nitrogen and oxygen atoms in total. The Morgan fingerprint density at radius 3 is 1.92 bits per heavy atom. The minimum absolute atomic E-state index is 0.231. The van der Waals surface area contributed by atoms with Crippen molar-refractivity contribution in [1.29, 1.82) is 0 Å². The topological polar surface area (TPSA) is 76.4 Å². The summed E-state index contributed by atoms with van der Waals surface area (Å²) in [7, 11) is 0. The highest BCUT2D eigenvalue weighted by molar-refractivity contribution is 5.77. The Bertz CT molecular complexity index is 203. The quantitative estimate of drug-likeness (QED) is 0.228. The maximum Gasteiger partial charge on any atom is 0.203 e. The Kier molecular flexibility index (Phi) is 1.83. The van der Waals surface area contributed by atoms with Gasteiger partial charge in [0, 0.05) is 0 Å². The number of rotatable bonds is 1. The Hall–Kier alpha value is -0.770. The number of hydrazine groups is 1. The van der Waals surface area contributed by atoms with Crippen molar-refractivity contribution in [3.05, 3.63) is 0 Å². The van der Waals surface area contributed by atoms with Gasteiger partial charge in [-0.2, -0.15) is 0 Å². The van der Waals surface area contributed by atoms with E-state index in [-0.39, 0.29) is 16.9 Å². The van der Waals surface area contributed by atoms with Crippen molar-refractivity contribution < 1.29 is 0 Å². The van der Waals surface area contributed by atoms with Crippen LogP contribution in [0.2, 0.25) is 0 Å². The normalized spacial score (nSPS) is 26.9. The summed E-state index contributed by atoms with van der Waals surface area (Å²) in [6.45, 7) is 8.74. The van der Waals surface area contributed by atoms with Crippen LogP contribution < -0.4 is 17.0 Å². The van der Waals surface area contributed by atoms with Crippen molar-refractivity contribution in [2.24, 2.45) is 27.4 Å². The van der Waals surface area contributed by atoms with Crippen LogP contribution in [0, 0.1) is 10.8 Å². The monoisotopic (exact) mass is 170 g/mol. The molecule has 1 saturated carbocycles. The lowest BCUT2D eigenvalue weighted by molar-refractivity contribution is 0.457. The lowest BCUT2D eigenvalue weighted by Gasteiger charge is -2.02. The molecule has 0 aromatic carbocycles. The highest BCUT2D eigenvalue weighted by Gasteiger charge is 2.65. The Balaban J connectivity index is 2.72. The second-order valence-corrected chi connectivity index (χ2v) is 4.50. The summed E-state index contributed by atoms with van der Waals surface area (Å²) in [5, 5.41) is 0. The molecule has 70 valence electrons. The summed E-state index contributed by atoms with van der Waals surface area (Å²) in [5.41, 5.74) is 8.27. The van der Waals surface area contributed by atoms with Gasteiger partial charge in [0.05, 0.1) is 6.04 Å². The van der Waals surface area contributed by atoms with Crippen LogP contribution in [0.4, 0.5) is 0 Å². The van der Waals surface area contributed by atoms with E-state index in [0.29, 0.717) is 5.96 Å². The van der Waals surface area contributed by atoms with Gasteiger partial charge in [0.25, 0.3) is 0 Å². The molecule has 1 aliphatic carbocycles. The van der Waals surface area contributed by atoms with Gasteiger partial charge in [-0.3, -0.25) is 5.43 Å². The van der Waals surface area contributed by atoms with E-state index in [1.54, 1.807) is 0 Å². The molecule has 0 aromatic rings. The largest absolute Gasteiger partial charge is 0.369 e. The van der Waals surface area contributed by atoms with Crippen molar-refractivity contribution >= 4 is 5.96 Å². The van der Waals surface area contributed by atoms with Gasteiger partial charge in [-0.15, -0.1) is 0 Å². The molecule has 0 atom stereocenters. The molecule has 0 amide bonds. The zero-order chi connectivity index (χ0) is 9.57. The summed E-state index contributed by atoms with van der Waals surface area (Å²) in [6.07, 6.45) is 0. The third-order valence-corrected chi connectivity index (χ3v) is 3.36. The van der Waals surface area contributed by atoms with Gasteiger partial charge >= 0.3 is 0 Å². The first-order chi connectivity index (χ1) is 5.34. The zero-order valence-corrected chi connectivity index (χ0v) is 8.18. The summed E-state index contributed by atoms with van der Waals surface area (Å²) in [5.74, 6) is 5.44. The molecule has 0 radical (unpaired) electrons. The number of hydrogen-bond donors (Lipinski definition) is 3. The van der Waals surface area contributed by atoms with Gasteiger partial charge in [-0.25, -0.2) is 10.8 Å². The first kappa shape index (κ1) is 9.32. The minimum Gasteiger partial charge on any atom is -0.369 e. The Morgan fingerprint density at radius 2 is 1.67 bits per heavy atom. The van der Waals surface area contributed by atoms with E-state index in [1.165, 1.54) is 0 Å². The first-order valence-electron chi connectivity index (χ1n) is 4.14. The average molecular weight is 170 g/mol. The highest BCUT2D eigenvalue weighted by Crippen LogP contribution is 2.64. The summed E-state index contributed by atoms with van der Waals surface area (Å²) >= 11 is 0. The number of hydrogen-bond acceptors (Lipinski definition) is 2. The number of nitrogens with two attached hydrogens (primary N) is 2. The second kappa shape index (κ2) is 2.36. The number of aliphatic imine (C=N–C) groups is 1. The second-order valence-electron chi connectivity index (χ2n) is 4.50. The van der Waals surface area contributed by atoms with E-state index in [4.69, 9.17) is 11.6 Å². The number of nitrogens with one attached hydrogen (secondary N) is 1. The van der Waals surface area contributed by atoms with Crippen LogP contribution in [0.25, 0.3) is 0 Å². The van der Waals surface area contributed by atoms with E-state index in [9.17, 15) is 0 Å². The molecule has 4 heteroatoms. The third-order valence-electron chi connectivity index (χ3n) is 3.36. The fourth-order valence-electron chi connectivity index (χ4n) is 1.66. The molecule has 0 bridgehead atoms. The average Bonchev–Trinajstić information content (AvgIpc) is 2.32. The fraction of sp³-hybridized carbons (Fsp3) is 0.875. The maximum atomic E-state index is 5.47. The van der Waals surface area contributed by atoms with E-state index in [1.807, 2.05) is 0 Å². The van der Waals surface area contributed by atoms with Crippen LogP contribution in [-0.2, 0) is 0 Å². The van der Waals surface area contributed by atoms with Gasteiger partial charge in [0.2, 0.25) is 5.96 Å². The van der Waals surface area contributed by atoms with Gasteiger partial charge in [0.1, 0.15) is 0 Å². The van der Waals surface area contributed by atoms with E-state index >= 15 is 0 Å². The molecule has 0 unspecified atom stereocenters. The molecule has 0 spiro atoms. The van der Waals surface area contributed by atoms with Crippen LogP contribution in [0.1, 0.15) is 27.7 Å². The summed E-state index contributed by atoms with van der Waals surface area (Å²) in [4.78, 5) is 4.27. The predicted molar refractivity (Wildman–Crippen MR) is 50.3 cm³/mol. The van der Waals surface area contributed by atoms with Crippen molar-refractivity contribution in [3.8, 4) is 0 Å². The van der Waals surface area contributed by atoms with Crippen molar-refractivity contribution in [3.63, 3.8) is 0 Å². The van der Waals surface area contributed by atoms with Crippen LogP contribution in [-0.4, -0.2) is 12.0 Å². The molecule has 0 aromatic heterocycles. The van der Waals surface area contributed by atoms with Crippen LogP contribution in [0.5, 0.6) is 0 Å². The van der Waals surface area contributed by atoms with Crippen molar-refractivity contribution in [2.75, 3.05) is 0 Å². The first-order valence-corrected chi connectivity index (χ1v) is 4.14.